The summed E-state index contributed by atoms with van der Waals surface area (Å²) in [5.74, 6) is 2.98. The second-order valence-corrected chi connectivity index (χ2v) is 7.83. The molecule has 0 aliphatic rings. The van der Waals surface area contributed by atoms with Crippen LogP contribution in [-0.2, 0) is 5.41 Å². The number of ether oxygens (including phenoxy) is 3. The Morgan fingerprint density at radius 3 is 0.968 bits per heavy atom. The topological polar surface area (TPSA) is 27.7 Å². The van der Waals surface area contributed by atoms with Gasteiger partial charge in [-0.05, 0) is 79.8 Å². The highest BCUT2D eigenvalue weighted by Crippen LogP contribution is 2.46. The molecule has 3 aromatic carbocycles. The molecule has 0 fully saturated rings. The van der Waals surface area contributed by atoms with E-state index in [-0.39, 0.29) is 5.41 Å². The fourth-order valence-electron chi connectivity index (χ4n) is 4.44. The van der Waals surface area contributed by atoms with E-state index in [1.54, 1.807) is 0 Å². The van der Waals surface area contributed by atoms with Crippen LogP contribution in [0, 0.1) is 5.92 Å². The fourth-order valence-corrected chi connectivity index (χ4v) is 4.44. The molecule has 3 rings (SSSR count). The minimum atomic E-state index is -0.319. The van der Waals surface area contributed by atoms with Crippen LogP contribution in [0.1, 0.15) is 51.3 Å². The van der Waals surface area contributed by atoms with Crippen LogP contribution in [0.2, 0.25) is 0 Å². The van der Waals surface area contributed by atoms with Gasteiger partial charge in [-0.25, -0.2) is 0 Å². The predicted molar refractivity (Wildman–Crippen MR) is 128 cm³/mol. The minimum Gasteiger partial charge on any atom is -0.494 e. The summed E-state index contributed by atoms with van der Waals surface area (Å²) in [4.78, 5) is 0. The molecule has 0 atom stereocenters. The molecule has 0 radical (unpaired) electrons. The monoisotopic (exact) mass is 418 g/mol. The molecule has 0 spiro atoms. The molecule has 0 aliphatic heterocycles. The van der Waals surface area contributed by atoms with E-state index in [0.29, 0.717) is 25.7 Å². The van der Waals surface area contributed by atoms with E-state index >= 15 is 0 Å². The van der Waals surface area contributed by atoms with Crippen molar-refractivity contribution in [3.8, 4) is 17.2 Å². The second-order valence-electron chi connectivity index (χ2n) is 7.83. The molecule has 0 N–H and O–H groups in total. The van der Waals surface area contributed by atoms with Crippen molar-refractivity contribution in [2.75, 3.05) is 19.8 Å². The lowest BCUT2D eigenvalue weighted by Crippen LogP contribution is -2.35. The van der Waals surface area contributed by atoms with Gasteiger partial charge in [-0.15, -0.1) is 0 Å². The molecule has 3 heteroatoms. The SMILES string of the molecule is CCOc1ccc(C(c2ccc(OCC)cc2)(c2ccc(OCC)cc2)C(C)C)cc1. The molecule has 0 amide bonds. The van der Waals surface area contributed by atoms with E-state index in [9.17, 15) is 0 Å². The molecule has 0 saturated heterocycles. The highest BCUT2D eigenvalue weighted by molar-refractivity contribution is 5.53. The molecule has 0 aromatic heterocycles. The summed E-state index contributed by atoms with van der Waals surface area (Å²) in [6, 6.07) is 25.6. The van der Waals surface area contributed by atoms with Crippen LogP contribution in [0.15, 0.2) is 72.8 Å². The molecule has 0 unspecified atom stereocenters. The first-order valence-corrected chi connectivity index (χ1v) is 11.3. The van der Waals surface area contributed by atoms with E-state index in [0.717, 1.165) is 17.2 Å². The van der Waals surface area contributed by atoms with Crippen molar-refractivity contribution >= 4 is 0 Å². The fraction of sp³-hybridized carbons (Fsp3) is 0.357. The average Bonchev–Trinajstić information content (AvgIpc) is 2.78. The zero-order chi connectivity index (χ0) is 22.3. The number of hydrogen-bond donors (Lipinski definition) is 0. The molecule has 0 heterocycles. The van der Waals surface area contributed by atoms with Gasteiger partial charge in [0.15, 0.2) is 0 Å². The molecule has 31 heavy (non-hydrogen) atoms. The van der Waals surface area contributed by atoms with Crippen molar-refractivity contribution in [1.29, 1.82) is 0 Å². The van der Waals surface area contributed by atoms with E-state index in [4.69, 9.17) is 14.2 Å². The Morgan fingerprint density at radius 2 is 0.774 bits per heavy atom. The summed E-state index contributed by atoms with van der Waals surface area (Å²) >= 11 is 0. The van der Waals surface area contributed by atoms with Gasteiger partial charge in [-0.3, -0.25) is 0 Å². The van der Waals surface area contributed by atoms with Crippen molar-refractivity contribution in [1.82, 2.24) is 0 Å². The van der Waals surface area contributed by atoms with Crippen LogP contribution >= 0.6 is 0 Å². The van der Waals surface area contributed by atoms with E-state index in [1.165, 1.54) is 16.7 Å². The molecule has 0 aliphatic carbocycles. The van der Waals surface area contributed by atoms with Crippen molar-refractivity contribution in [2.24, 2.45) is 5.92 Å². The van der Waals surface area contributed by atoms with E-state index < -0.39 is 0 Å². The molecule has 0 bridgehead atoms. The smallest absolute Gasteiger partial charge is 0.119 e. The molecule has 3 aromatic rings. The predicted octanol–water partition coefficient (Wildman–Crippen LogP) is 6.87. The third-order valence-electron chi connectivity index (χ3n) is 5.73. The van der Waals surface area contributed by atoms with Gasteiger partial charge in [0.25, 0.3) is 0 Å². The van der Waals surface area contributed by atoms with Crippen LogP contribution in [0.3, 0.4) is 0 Å². The number of rotatable bonds is 10. The summed E-state index contributed by atoms with van der Waals surface area (Å²) < 4.78 is 17.1. The molecule has 164 valence electrons. The quantitative estimate of drug-likeness (QED) is 0.336. The third-order valence-corrected chi connectivity index (χ3v) is 5.73. The maximum Gasteiger partial charge on any atom is 0.119 e. The summed E-state index contributed by atoms with van der Waals surface area (Å²) in [5, 5.41) is 0. The van der Waals surface area contributed by atoms with Gasteiger partial charge in [-0.2, -0.15) is 0 Å². The largest absolute Gasteiger partial charge is 0.494 e. The summed E-state index contributed by atoms with van der Waals surface area (Å²) in [7, 11) is 0. The van der Waals surface area contributed by atoms with Gasteiger partial charge < -0.3 is 14.2 Å². The Bertz CT molecular complexity index is 805. The zero-order valence-electron chi connectivity index (χ0n) is 19.4. The Balaban J connectivity index is 2.18. The van der Waals surface area contributed by atoms with Crippen LogP contribution in [-0.4, -0.2) is 19.8 Å². The average molecular weight is 419 g/mol. The Kier molecular flexibility index (Phi) is 7.62. The Hall–Kier alpha value is -2.94. The summed E-state index contributed by atoms with van der Waals surface area (Å²) in [5.41, 5.74) is 3.39. The second kappa shape index (κ2) is 10.4. The lowest BCUT2D eigenvalue weighted by Gasteiger charge is -2.40. The highest BCUT2D eigenvalue weighted by Gasteiger charge is 2.39. The van der Waals surface area contributed by atoms with Crippen LogP contribution < -0.4 is 14.2 Å². The lowest BCUT2D eigenvalue weighted by atomic mass is 9.63. The van der Waals surface area contributed by atoms with Gasteiger partial charge >= 0.3 is 0 Å². The Labute approximate surface area is 187 Å². The first kappa shape index (κ1) is 22.7. The van der Waals surface area contributed by atoms with Gasteiger partial charge in [0.2, 0.25) is 0 Å². The standard InChI is InChI=1S/C28H34O3/c1-6-29-25-15-9-22(10-16-25)28(21(4)5,23-11-17-26(18-12-23)30-7-2)24-13-19-27(20-14-24)31-8-3/h9-21H,6-8H2,1-5H3. The molecular weight excluding hydrogens is 384 g/mol. The summed E-state index contributed by atoms with van der Waals surface area (Å²) in [6.07, 6.45) is 0. The minimum absolute atomic E-state index is 0.307. The van der Waals surface area contributed by atoms with Gasteiger partial charge in [-0.1, -0.05) is 50.2 Å². The first-order valence-electron chi connectivity index (χ1n) is 11.3. The van der Waals surface area contributed by atoms with Crippen LogP contribution in [0.5, 0.6) is 17.2 Å². The molecule has 3 nitrogen and oxygen atoms in total. The zero-order valence-corrected chi connectivity index (χ0v) is 19.4. The lowest BCUT2D eigenvalue weighted by molar-refractivity contribution is 0.339. The van der Waals surface area contributed by atoms with Crippen molar-refractivity contribution < 1.29 is 14.2 Å². The van der Waals surface area contributed by atoms with E-state index in [1.807, 2.05) is 20.8 Å². The van der Waals surface area contributed by atoms with Crippen LogP contribution in [0.25, 0.3) is 0 Å². The van der Waals surface area contributed by atoms with E-state index in [2.05, 4.69) is 86.6 Å². The first-order chi connectivity index (χ1) is 15.1. The maximum atomic E-state index is 5.70. The van der Waals surface area contributed by atoms with Crippen molar-refractivity contribution in [2.45, 2.75) is 40.0 Å². The van der Waals surface area contributed by atoms with Crippen molar-refractivity contribution in [3.05, 3.63) is 89.5 Å². The van der Waals surface area contributed by atoms with Crippen molar-refractivity contribution in [3.63, 3.8) is 0 Å². The Morgan fingerprint density at radius 1 is 0.516 bits per heavy atom. The maximum absolute atomic E-state index is 5.70. The van der Waals surface area contributed by atoms with Gasteiger partial charge in [0, 0.05) is 5.41 Å². The van der Waals surface area contributed by atoms with Gasteiger partial charge in [0.1, 0.15) is 17.2 Å². The third kappa shape index (κ3) is 4.71. The van der Waals surface area contributed by atoms with Gasteiger partial charge in [0.05, 0.1) is 19.8 Å². The van der Waals surface area contributed by atoms with Crippen LogP contribution in [0.4, 0.5) is 0 Å². The molecular formula is C28H34O3. The summed E-state index contributed by atoms with van der Waals surface area (Å²) in [6.45, 7) is 12.6. The number of hydrogen-bond acceptors (Lipinski definition) is 3. The number of benzene rings is 3. The molecule has 0 saturated carbocycles. The highest BCUT2D eigenvalue weighted by atomic mass is 16.5. The normalized spacial score (nSPS) is 11.4.